The minimum Gasteiger partial charge on any atom is -0.381 e. The molecule has 1 aliphatic carbocycles. The van der Waals surface area contributed by atoms with Crippen molar-refractivity contribution in [1.82, 2.24) is 0 Å². The van der Waals surface area contributed by atoms with E-state index in [4.69, 9.17) is 9.47 Å². The molecule has 0 amide bonds. The molecule has 0 aromatic carbocycles. The molecule has 20 heavy (non-hydrogen) atoms. The summed E-state index contributed by atoms with van der Waals surface area (Å²) in [5.74, 6) is 3.22. The largest absolute Gasteiger partial charge is 0.381 e. The molecule has 118 valence electrons. The first-order valence-electron chi connectivity index (χ1n) is 8.82. The molecule has 1 heterocycles. The Kier molecular flexibility index (Phi) is 6.83. The first kappa shape index (κ1) is 16.3. The molecule has 0 spiro atoms. The fourth-order valence-electron chi connectivity index (χ4n) is 3.98. The number of rotatable bonds is 7. The van der Waals surface area contributed by atoms with Crippen molar-refractivity contribution in [2.75, 3.05) is 19.8 Å². The lowest BCUT2D eigenvalue weighted by atomic mass is 9.82. The molecule has 1 saturated carbocycles. The Morgan fingerprint density at radius 1 is 1.05 bits per heavy atom. The van der Waals surface area contributed by atoms with Crippen LogP contribution in [0.2, 0.25) is 0 Å². The maximum atomic E-state index is 6.23. The first-order chi connectivity index (χ1) is 9.63. The van der Waals surface area contributed by atoms with Crippen LogP contribution < -0.4 is 0 Å². The summed E-state index contributed by atoms with van der Waals surface area (Å²) in [5, 5.41) is 0. The van der Waals surface area contributed by atoms with Gasteiger partial charge in [0.15, 0.2) is 0 Å². The van der Waals surface area contributed by atoms with E-state index in [9.17, 15) is 0 Å². The Balaban J connectivity index is 1.62. The normalized spacial score (nSPS) is 32.7. The molecule has 4 unspecified atom stereocenters. The van der Waals surface area contributed by atoms with Crippen LogP contribution in [0.5, 0.6) is 0 Å². The molecule has 2 rings (SSSR count). The second-order valence-electron chi connectivity index (χ2n) is 7.69. The van der Waals surface area contributed by atoms with Gasteiger partial charge in [-0.15, -0.1) is 0 Å². The van der Waals surface area contributed by atoms with Crippen LogP contribution in [0.15, 0.2) is 0 Å². The fraction of sp³-hybridized carbons (Fsp3) is 1.00. The van der Waals surface area contributed by atoms with E-state index in [1.807, 2.05) is 0 Å². The van der Waals surface area contributed by atoms with Gasteiger partial charge in [0.1, 0.15) is 0 Å². The molecule has 1 saturated heterocycles. The number of hydrogen-bond acceptors (Lipinski definition) is 2. The van der Waals surface area contributed by atoms with E-state index in [1.54, 1.807) is 0 Å². The predicted octanol–water partition coefficient (Wildman–Crippen LogP) is 4.67. The van der Waals surface area contributed by atoms with Crippen LogP contribution in [-0.2, 0) is 9.47 Å². The second-order valence-corrected chi connectivity index (χ2v) is 7.69. The lowest BCUT2D eigenvalue weighted by molar-refractivity contribution is -0.00856. The Morgan fingerprint density at radius 2 is 1.90 bits per heavy atom. The van der Waals surface area contributed by atoms with Crippen molar-refractivity contribution in [2.24, 2.45) is 23.7 Å². The van der Waals surface area contributed by atoms with Gasteiger partial charge in [-0.05, 0) is 55.8 Å². The molecular formula is C18H34O2. The topological polar surface area (TPSA) is 18.5 Å². The van der Waals surface area contributed by atoms with Gasteiger partial charge in [-0.25, -0.2) is 0 Å². The zero-order chi connectivity index (χ0) is 14.4. The minimum atomic E-state index is 0.537. The van der Waals surface area contributed by atoms with Gasteiger partial charge in [0.2, 0.25) is 0 Å². The van der Waals surface area contributed by atoms with Crippen LogP contribution in [0.4, 0.5) is 0 Å². The van der Waals surface area contributed by atoms with Crippen LogP contribution >= 0.6 is 0 Å². The Morgan fingerprint density at radius 3 is 2.60 bits per heavy atom. The highest BCUT2D eigenvalue weighted by Crippen LogP contribution is 2.31. The predicted molar refractivity (Wildman–Crippen MR) is 83.9 cm³/mol. The van der Waals surface area contributed by atoms with Crippen LogP contribution in [-0.4, -0.2) is 25.9 Å². The maximum absolute atomic E-state index is 6.23. The summed E-state index contributed by atoms with van der Waals surface area (Å²) in [5.41, 5.74) is 0. The maximum Gasteiger partial charge on any atom is 0.0577 e. The highest BCUT2D eigenvalue weighted by Gasteiger charge is 2.24. The molecular weight excluding hydrogens is 248 g/mol. The van der Waals surface area contributed by atoms with Gasteiger partial charge in [0.05, 0.1) is 6.10 Å². The van der Waals surface area contributed by atoms with Crippen LogP contribution in [0.25, 0.3) is 0 Å². The quantitative estimate of drug-likeness (QED) is 0.675. The van der Waals surface area contributed by atoms with Gasteiger partial charge in [0, 0.05) is 19.8 Å². The van der Waals surface area contributed by atoms with E-state index in [0.717, 1.165) is 37.6 Å². The monoisotopic (exact) mass is 282 g/mol. The number of ether oxygens (including phenoxy) is 2. The van der Waals surface area contributed by atoms with Crippen molar-refractivity contribution in [2.45, 2.75) is 71.8 Å². The van der Waals surface area contributed by atoms with Crippen molar-refractivity contribution >= 4 is 0 Å². The lowest BCUT2D eigenvalue weighted by Gasteiger charge is -2.31. The Labute approximate surface area is 125 Å². The Hall–Kier alpha value is -0.0800. The van der Waals surface area contributed by atoms with Crippen molar-refractivity contribution in [3.63, 3.8) is 0 Å². The van der Waals surface area contributed by atoms with Gasteiger partial charge in [-0.1, -0.05) is 33.6 Å². The molecule has 0 N–H and O–H groups in total. The summed E-state index contributed by atoms with van der Waals surface area (Å²) in [6.45, 7) is 9.93. The molecule has 2 aliphatic rings. The van der Waals surface area contributed by atoms with Gasteiger partial charge in [0.25, 0.3) is 0 Å². The van der Waals surface area contributed by atoms with E-state index < -0.39 is 0 Å². The highest BCUT2D eigenvalue weighted by molar-refractivity contribution is 4.75. The van der Waals surface area contributed by atoms with E-state index >= 15 is 0 Å². The van der Waals surface area contributed by atoms with Crippen molar-refractivity contribution < 1.29 is 9.47 Å². The molecule has 2 fully saturated rings. The SMILES string of the molecule is CC(C)CC1CCCC(OCC(C)CC2CCOC2)C1. The van der Waals surface area contributed by atoms with Gasteiger partial charge in [-0.2, -0.15) is 0 Å². The lowest BCUT2D eigenvalue weighted by Crippen LogP contribution is -2.26. The van der Waals surface area contributed by atoms with Crippen molar-refractivity contribution in [3.05, 3.63) is 0 Å². The summed E-state index contributed by atoms with van der Waals surface area (Å²) in [7, 11) is 0. The summed E-state index contributed by atoms with van der Waals surface area (Å²) < 4.78 is 11.7. The molecule has 0 bridgehead atoms. The zero-order valence-corrected chi connectivity index (χ0v) is 13.8. The standard InChI is InChI=1S/C18H34O2/c1-14(2)9-16-5-4-6-18(11-16)20-12-15(3)10-17-7-8-19-13-17/h14-18H,4-13H2,1-3H3. The van der Waals surface area contributed by atoms with Crippen molar-refractivity contribution in [1.29, 1.82) is 0 Å². The van der Waals surface area contributed by atoms with Crippen molar-refractivity contribution in [3.8, 4) is 0 Å². The van der Waals surface area contributed by atoms with E-state index in [0.29, 0.717) is 12.0 Å². The van der Waals surface area contributed by atoms with E-state index in [2.05, 4.69) is 20.8 Å². The van der Waals surface area contributed by atoms with Gasteiger partial charge < -0.3 is 9.47 Å². The van der Waals surface area contributed by atoms with Gasteiger partial charge in [-0.3, -0.25) is 0 Å². The van der Waals surface area contributed by atoms with Crippen LogP contribution in [0.3, 0.4) is 0 Å². The molecule has 4 atom stereocenters. The molecule has 2 heteroatoms. The molecule has 1 aliphatic heterocycles. The van der Waals surface area contributed by atoms with E-state index in [1.165, 1.54) is 44.9 Å². The highest BCUT2D eigenvalue weighted by atomic mass is 16.5. The second kappa shape index (κ2) is 8.38. The average Bonchev–Trinajstić information content (AvgIpc) is 2.89. The van der Waals surface area contributed by atoms with Gasteiger partial charge >= 0.3 is 0 Å². The molecule has 2 nitrogen and oxygen atoms in total. The van der Waals surface area contributed by atoms with E-state index in [-0.39, 0.29) is 0 Å². The first-order valence-corrected chi connectivity index (χ1v) is 8.82. The Bertz CT molecular complexity index is 258. The fourth-order valence-corrected chi connectivity index (χ4v) is 3.98. The average molecular weight is 282 g/mol. The molecule has 0 aromatic rings. The minimum absolute atomic E-state index is 0.537. The molecule has 0 radical (unpaired) electrons. The summed E-state index contributed by atoms with van der Waals surface area (Å²) in [6, 6.07) is 0. The molecule has 0 aromatic heterocycles. The third-order valence-corrected chi connectivity index (χ3v) is 4.92. The van der Waals surface area contributed by atoms with Crippen LogP contribution in [0.1, 0.15) is 65.7 Å². The summed E-state index contributed by atoms with van der Waals surface area (Å²) in [4.78, 5) is 0. The summed E-state index contributed by atoms with van der Waals surface area (Å²) >= 11 is 0. The zero-order valence-electron chi connectivity index (χ0n) is 13.8. The van der Waals surface area contributed by atoms with Crippen LogP contribution in [0, 0.1) is 23.7 Å². The third-order valence-electron chi connectivity index (χ3n) is 4.92. The summed E-state index contributed by atoms with van der Waals surface area (Å²) in [6.07, 6.45) is 9.83. The number of hydrogen-bond donors (Lipinski definition) is 0. The third kappa shape index (κ3) is 5.73. The smallest absolute Gasteiger partial charge is 0.0577 e.